The van der Waals surface area contributed by atoms with Crippen molar-refractivity contribution in [3.63, 3.8) is 0 Å². The highest BCUT2D eigenvalue weighted by molar-refractivity contribution is 5.50. The molecule has 1 saturated heterocycles. The molecule has 88 valence electrons. The van der Waals surface area contributed by atoms with Gasteiger partial charge in [0.15, 0.2) is 6.29 Å². The number of carbonyl (C=O) groups excluding carboxylic acids is 1. The van der Waals surface area contributed by atoms with Crippen LogP contribution in [0.4, 0.5) is 0 Å². The smallest absolute Gasteiger partial charge is 0.281 e. The fraction of sp³-hybridized carbons (Fsp3) is 0.909. The van der Waals surface area contributed by atoms with Gasteiger partial charge in [-0.2, -0.15) is 0 Å². The van der Waals surface area contributed by atoms with Crippen molar-refractivity contribution in [1.82, 2.24) is 0 Å². The lowest BCUT2D eigenvalue weighted by Crippen LogP contribution is -2.24. The molecule has 1 N–H and O–H groups in total. The molecule has 1 aliphatic heterocycles. The lowest BCUT2D eigenvalue weighted by atomic mass is 10.2. The molecule has 1 atom stereocenters. The molecule has 1 aliphatic rings. The molecule has 15 heavy (non-hydrogen) atoms. The summed E-state index contributed by atoms with van der Waals surface area (Å²) in [6.45, 7) is 2.68. The zero-order chi connectivity index (χ0) is 10.8. The maximum atomic E-state index is 8.42. The van der Waals surface area contributed by atoms with Crippen molar-refractivity contribution < 1.29 is 19.0 Å². The third-order valence-corrected chi connectivity index (χ3v) is 2.29. The third kappa shape index (κ3) is 6.60. The van der Waals surface area contributed by atoms with E-state index < -0.39 is 0 Å². The predicted molar refractivity (Wildman–Crippen MR) is 57.6 cm³/mol. The zero-order valence-corrected chi connectivity index (χ0v) is 9.19. The normalized spacial score (nSPS) is 21.5. The second kappa shape index (κ2) is 8.83. The van der Waals surface area contributed by atoms with E-state index in [4.69, 9.17) is 19.0 Å². The lowest BCUT2D eigenvalue weighted by molar-refractivity contribution is -0.169. The highest BCUT2D eigenvalue weighted by atomic mass is 16.7. The molecule has 0 amide bonds. The van der Waals surface area contributed by atoms with E-state index in [-0.39, 0.29) is 6.29 Å². The van der Waals surface area contributed by atoms with Gasteiger partial charge >= 0.3 is 0 Å². The van der Waals surface area contributed by atoms with Crippen LogP contribution in [0.2, 0.25) is 0 Å². The molecular weight excluding hydrogens is 196 g/mol. The molecule has 0 radical (unpaired) electrons. The summed E-state index contributed by atoms with van der Waals surface area (Å²) >= 11 is 0. The van der Waals surface area contributed by atoms with Crippen LogP contribution in [0.25, 0.3) is 0 Å². The lowest BCUT2D eigenvalue weighted by Gasteiger charge is -2.22. The number of ether oxygens (including phenoxy) is 3. The van der Waals surface area contributed by atoms with Gasteiger partial charge in [0.2, 0.25) is 0 Å². The van der Waals surface area contributed by atoms with E-state index in [0.29, 0.717) is 26.2 Å². The highest BCUT2D eigenvalue weighted by Crippen LogP contribution is 2.13. The van der Waals surface area contributed by atoms with Gasteiger partial charge in [0.05, 0.1) is 19.6 Å². The van der Waals surface area contributed by atoms with Crippen LogP contribution in [0.3, 0.4) is 0 Å². The van der Waals surface area contributed by atoms with Crippen molar-refractivity contribution in [3.8, 4) is 0 Å². The molecular formula is C11H21O4+. The average molecular weight is 217 g/mol. The Morgan fingerprint density at radius 2 is 2.20 bits per heavy atom. The standard InChI is InChI=1S/C11H20O4/c12-6-2-4-7-13-9-10-15-11-5-1-3-8-14-11/h6,11H,1-5,7-10H2/p+1. The van der Waals surface area contributed by atoms with Crippen molar-refractivity contribution in [2.75, 3.05) is 26.4 Å². The van der Waals surface area contributed by atoms with E-state index in [1.54, 1.807) is 0 Å². The van der Waals surface area contributed by atoms with Gasteiger partial charge in [-0.05, 0) is 25.7 Å². The van der Waals surface area contributed by atoms with Gasteiger partial charge in [0.1, 0.15) is 0 Å². The maximum Gasteiger partial charge on any atom is 0.281 e. The van der Waals surface area contributed by atoms with E-state index in [9.17, 15) is 0 Å². The Kier molecular flexibility index (Phi) is 7.42. The first-order chi connectivity index (χ1) is 7.43. The molecule has 1 fully saturated rings. The Balaban J connectivity index is 1.81. The van der Waals surface area contributed by atoms with E-state index in [1.807, 2.05) is 0 Å². The van der Waals surface area contributed by atoms with Crippen LogP contribution in [0.15, 0.2) is 0 Å². The first kappa shape index (κ1) is 12.6. The molecule has 4 nitrogen and oxygen atoms in total. The van der Waals surface area contributed by atoms with Crippen LogP contribution < -0.4 is 0 Å². The van der Waals surface area contributed by atoms with Gasteiger partial charge in [0, 0.05) is 13.2 Å². The Morgan fingerprint density at radius 1 is 1.27 bits per heavy atom. The minimum atomic E-state index is -0.0203. The van der Waals surface area contributed by atoms with Gasteiger partial charge in [0.25, 0.3) is 6.29 Å². The van der Waals surface area contributed by atoms with Crippen molar-refractivity contribution in [2.24, 2.45) is 0 Å². The third-order valence-electron chi connectivity index (χ3n) is 2.29. The molecule has 0 saturated carbocycles. The van der Waals surface area contributed by atoms with Crippen LogP contribution in [-0.2, 0) is 14.2 Å². The number of rotatable bonds is 8. The van der Waals surface area contributed by atoms with Crippen molar-refractivity contribution in [1.29, 1.82) is 0 Å². The average Bonchev–Trinajstić information content (AvgIpc) is 2.29. The summed E-state index contributed by atoms with van der Waals surface area (Å²) < 4.78 is 16.2. The fourth-order valence-electron chi connectivity index (χ4n) is 1.46. The molecule has 1 rings (SSSR count). The summed E-state index contributed by atoms with van der Waals surface area (Å²) in [7, 11) is 0. The first-order valence-electron chi connectivity index (χ1n) is 5.70. The molecule has 0 aromatic carbocycles. The Bertz CT molecular complexity index is 155. The number of aldehydes is 1. The highest BCUT2D eigenvalue weighted by Gasteiger charge is 2.13. The second-order valence-electron chi connectivity index (χ2n) is 3.60. The van der Waals surface area contributed by atoms with Gasteiger partial charge < -0.3 is 14.2 Å². The van der Waals surface area contributed by atoms with Gasteiger partial charge in [-0.3, -0.25) is 4.79 Å². The summed E-state index contributed by atoms with van der Waals surface area (Å²) in [6, 6.07) is 0. The zero-order valence-electron chi connectivity index (χ0n) is 9.19. The topological polar surface area (TPSA) is 49.1 Å². The number of hydrogen-bond acceptors (Lipinski definition) is 3. The van der Waals surface area contributed by atoms with E-state index >= 15 is 0 Å². The first-order valence-corrected chi connectivity index (χ1v) is 5.70. The predicted octanol–water partition coefficient (Wildman–Crippen LogP) is 1.50. The van der Waals surface area contributed by atoms with E-state index in [2.05, 4.69) is 0 Å². The largest absolute Gasteiger partial charge is 0.379 e. The molecule has 0 aromatic rings. The SMILES string of the molecule is [OH+]=CCCCOCCOC1CCCCO1. The number of hydrogen-bond donors (Lipinski definition) is 0. The van der Waals surface area contributed by atoms with Crippen LogP contribution in [0, 0.1) is 0 Å². The van der Waals surface area contributed by atoms with Crippen LogP contribution in [0.5, 0.6) is 0 Å². The van der Waals surface area contributed by atoms with Gasteiger partial charge in [-0.15, -0.1) is 0 Å². The Labute approximate surface area is 90.9 Å². The molecule has 0 aromatic heterocycles. The van der Waals surface area contributed by atoms with E-state index in [1.165, 1.54) is 6.42 Å². The minimum absolute atomic E-state index is 0.0203. The van der Waals surface area contributed by atoms with Crippen LogP contribution in [0.1, 0.15) is 32.1 Å². The quantitative estimate of drug-likeness (QED) is 0.352. The molecule has 1 unspecified atom stereocenters. The molecule has 0 aliphatic carbocycles. The van der Waals surface area contributed by atoms with Gasteiger partial charge in [-0.1, -0.05) is 0 Å². The second-order valence-corrected chi connectivity index (χ2v) is 3.60. The summed E-state index contributed by atoms with van der Waals surface area (Å²) in [4.78, 5) is 8.42. The van der Waals surface area contributed by atoms with Crippen molar-refractivity contribution >= 4 is 6.29 Å². The summed E-state index contributed by atoms with van der Waals surface area (Å²) in [5.74, 6) is 0. The van der Waals surface area contributed by atoms with Crippen molar-refractivity contribution in [2.45, 2.75) is 38.4 Å². The summed E-state index contributed by atoms with van der Waals surface area (Å²) in [6.07, 6.45) is 6.03. The molecule has 1 heterocycles. The summed E-state index contributed by atoms with van der Waals surface area (Å²) in [5.41, 5.74) is 0. The fourth-order valence-corrected chi connectivity index (χ4v) is 1.46. The molecule has 4 heteroatoms. The van der Waals surface area contributed by atoms with Crippen LogP contribution in [-0.4, -0.2) is 43.8 Å². The molecule has 0 bridgehead atoms. The molecule has 0 spiro atoms. The maximum absolute atomic E-state index is 8.42. The van der Waals surface area contributed by atoms with Crippen molar-refractivity contribution in [3.05, 3.63) is 0 Å². The number of unbranched alkanes of at least 4 members (excludes halogenated alkanes) is 1. The van der Waals surface area contributed by atoms with Gasteiger partial charge in [-0.25, -0.2) is 0 Å². The minimum Gasteiger partial charge on any atom is -0.379 e. The summed E-state index contributed by atoms with van der Waals surface area (Å²) in [5, 5.41) is 0. The Morgan fingerprint density at radius 3 is 2.93 bits per heavy atom. The Hall–Kier alpha value is -0.450. The van der Waals surface area contributed by atoms with Crippen LogP contribution >= 0.6 is 0 Å². The monoisotopic (exact) mass is 217 g/mol. The van der Waals surface area contributed by atoms with E-state index in [0.717, 1.165) is 32.2 Å².